The van der Waals surface area contributed by atoms with Gasteiger partial charge in [-0.1, -0.05) is 121 Å². The summed E-state index contributed by atoms with van der Waals surface area (Å²) in [6, 6.07) is 76.0. The van der Waals surface area contributed by atoms with Crippen molar-refractivity contribution in [2.45, 2.75) is 32.1 Å². The number of carbonyl (C=O) groups is 2. The van der Waals surface area contributed by atoms with E-state index in [4.69, 9.17) is 9.98 Å². The van der Waals surface area contributed by atoms with Gasteiger partial charge < -0.3 is 0 Å². The Kier molecular flexibility index (Phi) is 16.8. The molecule has 0 N–H and O–H groups in total. The molecule has 2 aliphatic heterocycles. The fourth-order valence-corrected chi connectivity index (χ4v) is 10.6. The number of guanidine groups is 2. The van der Waals surface area contributed by atoms with Crippen molar-refractivity contribution in [3.63, 3.8) is 0 Å². The molecule has 16 heteroatoms. The van der Waals surface area contributed by atoms with Crippen LogP contribution in [0.4, 0.5) is 66.5 Å². The number of hydrogen-bond acceptors (Lipinski definition) is 12. The van der Waals surface area contributed by atoms with Crippen LogP contribution in [0.5, 0.6) is 0 Å². The van der Waals surface area contributed by atoms with Gasteiger partial charge in [0.2, 0.25) is 36.2 Å². The van der Waals surface area contributed by atoms with Crippen molar-refractivity contribution in [2.75, 3.05) is 19.6 Å². The van der Waals surface area contributed by atoms with Gasteiger partial charge in [0, 0.05) is 0 Å². The predicted molar refractivity (Wildman–Crippen MR) is 344 cm³/mol. The van der Waals surface area contributed by atoms with Gasteiger partial charge in [-0.05, 0) is 209 Å². The second-order valence-corrected chi connectivity index (χ2v) is 21.1. The highest BCUT2D eigenvalue weighted by Crippen LogP contribution is 2.36. The minimum atomic E-state index is -0.265. The molecular formula is C73H50N10O6. The Morgan fingerprint density at radius 3 is 0.551 bits per heavy atom. The van der Waals surface area contributed by atoms with E-state index in [1.54, 1.807) is 92.5 Å². The molecule has 4 amide bonds. The van der Waals surface area contributed by atoms with E-state index < -0.39 is 0 Å². The van der Waals surface area contributed by atoms with E-state index in [1.807, 2.05) is 194 Å². The summed E-state index contributed by atoms with van der Waals surface area (Å²) < 4.78 is 0. The van der Waals surface area contributed by atoms with Crippen LogP contribution >= 0.6 is 0 Å². The number of nitrogens with zero attached hydrogens (tertiary/aromatic N) is 10. The first-order valence-electron chi connectivity index (χ1n) is 28.3. The molecule has 0 unspecified atom stereocenters. The number of carbonyl (C=O) groups excluding carboxylic acids is 6. The van der Waals surface area contributed by atoms with Crippen LogP contribution in [0.3, 0.4) is 0 Å². The van der Waals surface area contributed by atoms with E-state index in [1.165, 1.54) is 0 Å². The third-order valence-electron chi connectivity index (χ3n) is 15.2. The fourth-order valence-electron chi connectivity index (χ4n) is 10.6. The fraction of sp³-hybridized carbons (Fsp3) is 0.0685. The van der Waals surface area contributed by atoms with Gasteiger partial charge in [-0.15, -0.1) is 0 Å². The van der Waals surface area contributed by atoms with Gasteiger partial charge in [0.15, 0.2) is 0 Å². The van der Waals surface area contributed by atoms with E-state index in [9.17, 15) is 28.8 Å². The lowest BCUT2D eigenvalue weighted by Gasteiger charge is -2.42. The van der Waals surface area contributed by atoms with Crippen molar-refractivity contribution in [1.82, 2.24) is 0 Å². The molecule has 16 nitrogen and oxygen atoms in total. The maximum Gasteiger partial charge on any atom is 0.342 e. The van der Waals surface area contributed by atoms with Gasteiger partial charge >= 0.3 is 12.1 Å². The summed E-state index contributed by atoms with van der Waals surface area (Å²) >= 11 is 0. The molecule has 10 aromatic rings. The number of rotatable bonds is 20. The molecule has 12 rings (SSSR count). The van der Waals surface area contributed by atoms with Crippen LogP contribution in [0, 0.1) is 0 Å². The average Bonchev–Trinajstić information content (AvgIpc) is 0.914. The molecule has 10 aromatic carbocycles. The van der Waals surface area contributed by atoms with Crippen molar-refractivity contribution >= 4 is 105 Å². The Morgan fingerprint density at radius 2 is 0.382 bits per heavy atom. The molecule has 2 saturated heterocycles. The molecule has 0 aliphatic carbocycles. The van der Waals surface area contributed by atoms with Crippen LogP contribution in [0.2, 0.25) is 0 Å². The quantitative estimate of drug-likeness (QED) is 0.0539. The Bertz CT molecular complexity index is 4220. The van der Waals surface area contributed by atoms with Crippen LogP contribution in [-0.2, 0) is 51.3 Å². The lowest BCUT2D eigenvalue weighted by Crippen LogP contribution is -2.65. The lowest BCUT2D eigenvalue weighted by atomic mass is 10.0. The molecule has 2 heterocycles. The van der Waals surface area contributed by atoms with E-state index in [0.29, 0.717) is 101 Å². The highest BCUT2D eigenvalue weighted by Gasteiger charge is 2.45. The van der Waals surface area contributed by atoms with Gasteiger partial charge in [0.25, 0.3) is 0 Å². The third kappa shape index (κ3) is 13.3. The summed E-state index contributed by atoms with van der Waals surface area (Å²) in [5.41, 5.74) is 16.4. The summed E-state index contributed by atoms with van der Waals surface area (Å²) in [4.78, 5) is 103. The van der Waals surface area contributed by atoms with Crippen molar-refractivity contribution < 1.29 is 28.8 Å². The molecule has 428 valence electrons. The second-order valence-electron chi connectivity index (χ2n) is 21.1. The van der Waals surface area contributed by atoms with Crippen LogP contribution in [0.15, 0.2) is 273 Å². The minimum Gasteiger partial charge on any atom is -0.247 e. The molecule has 2 fully saturated rings. The van der Waals surface area contributed by atoms with Crippen LogP contribution in [0.1, 0.15) is 55.6 Å². The SMILES string of the molecule is O=C=Nc1ccc(Cc2ccc(N=C3N(c4ccc(Cc5ccc(N=C=O)cc5)cc4)C(=O)N3c3ccc(Cc4ccc(N5C(=O)N(c6ccc(Cc7ccc(N=C=O)cc7)cc6)C5=Nc5ccc(Cc6ccc(N=C=O)cc6)cc5)cc4)cc3)cc2)cc1. The van der Waals surface area contributed by atoms with Crippen molar-refractivity contribution in [2.24, 2.45) is 30.0 Å². The van der Waals surface area contributed by atoms with Crippen LogP contribution in [-0.4, -0.2) is 48.3 Å². The molecule has 2 aliphatic rings. The summed E-state index contributed by atoms with van der Waals surface area (Å²) in [6.45, 7) is 0. The van der Waals surface area contributed by atoms with E-state index in [0.717, 1.165) is 55.6 Å². The van der Waals surface area contributed by atoms with Crippen LogP contribution < -0.4 is 19.6 Å². The number of urea groups is 2. The molecule has 0 bridgehead atoms. The standard InChI is InChI=1S/C73H50N10O6/c84-46-74-60-21-1-50(2-22-60)41-54-9-29-64(30-10-54)78-70-80(66-33-13-56(14-34-66)43-52-5-25-62(26-6-52)76-48-86)72(88)82(70)68-37-17-58(18-38-68)45-59-19-39-69(40-20-59)83-71(79-65-31-11-55(12-32-65)42-51-3-23-61(24-4-51)75-47-85)81(73(83)89)67-35-15-57(16-36-67)44-53-7-27-63(28-8-53)77-49-87/h1-40H,41-45H2. The summed E-state index contributed by atoms with van der Waals surface area (Å²) in [6.07, 6.45) is 9.43. The van der Waals surface area contributed by atoms with Gasteiger partial charge in [-0.2, -0.15) is 20.0 Å². The highest BCUT2D eigenvalue weighted by molar-refractivity contribution is 6.44. The summed E-state index contributed by atoms with van der Waals surface area (Å²) in [5, 5.41) is 0. The Morgan fingerprint density at radius 1 is 0.225 bits per heavy atom. The Labute approximate surface area is 511 Å². The zero-order valence-electron chi connectivity index (χ0n) is 47.6. The number of isocyanates is 4. The topological polar surface area (TPSA) is 190 Å². The van der Waals surface area contributed by atoms with Gasteiger partial charge in [-0.3, -0.25) is 0 Å². The van der Waals surface area contributed by atoms with Gasteiger partial charge in [0.1, 0.15) is 0 Å². The lowest BCUT2D eigenvalue weighted by molar-refractivity contribution is 0.252. The Hall–Kier alpha value is -12.4. The zero-order valence-corrected chi connectivity index (χ0v) is 47.6. The summed E-state index contributed by atoms with van der Waals surface area (Å²) in [7, 11) is 0. The van der Waals surface area contributed by atoms with Gasteiger partial charge in [0.05, 0.1) is 56.9 Å². The average molecular weight is 1160 g/mol. The molecular weight excluding hydrogens is 1110 g/mol. The van der Waals surface area contributed by atoms with Crippen molar-refractivity contribution in [3.05, 3.63) is 298 Å². The zero-order chi connectivity index (χ0) is 61.1. The molecule has 0 saturated carbocycles. The minimum absolute atomic E-state index is 0.265. The largest absolute Gasteiger partial charge is 0.342 e. The number of amides is 4. The molecule has 0 radical (unpaired) electrons. The Balaban J connectivity index is 0.764. The third-order valence-corrected chi connectivity index (χ3v) is 15.2. The van der Waals surface area contributed by atoms with Crippen molar-refractivity contribution in [1.29, 1.82) is 0 Å². The molecule has 0 spiro atoms. The summed E-state index contributed by atoms with van der Waals surface area (Å²) in [5.74, 6) is 0.871. The normalized spacial score (nSPS) is 13.4. The smallest absolute Gasteiger partial charge is 0.247 e. The number of aliphatic imine (C=N–C) groups is 6. The first-order chi connectivity index (χ1) is 43.7. The maximum absolute atomic E-state index is 14.3. The molecule has 89 heavy (non-hydrogen) atoms. The second kappa shape index (κ2) is 26.3. The van der Waals surface area contributed by atoms with Gasteiger partial charge in [-0.25, -0.2) is 58.4 Å². The van der Waals surface area contributed by atoms with Crippen LogP contribution in [0.25, 0.3) is 0 Å². The monoisotopic (exact) mass is 1160 g/mol. The first-order valence-corrected chi connectivity index (χ1v) is 28.3. The van der Waals surface area contributed by atoms with E-state index >= 15 is 0 Å². The number of hydrogen-bond donors (Lipinski definition) is 0. The van der Waals surface area contributed by atoms with Crippen molar-refractivity contribution in [3.8, 4) is 0 Å². The highest BCUT2D eigenvalue weighted by atomic mass is 16.2. The molecule has 0 atom stereocenters. The number of anilines is 4. The van der Waals surface area contributed by atoms with E-state index in [-0.39, 0.29) is 12.1 Å². The maximum atomic E-state index is 14.3. The molecule has 0 aromatic heterocycles. The first kappa shape index (κ1) is 57.1. The number of benzene rings is 10. The predicted octanol–water partition coefficient (Wildman–Crippen LogP) is 15.8. The van der Waals surface area contributed by atoms with E-state index in [2.05, 4.69) is 20.0 Å².